The first-order valence-corrected chi connectivity index (χ1v) is 6.37. The first-order valence-electron chi connectivity index (χ1n) is 5.58. The van der Waals surface area contributed by atoms with Crippen molar-refractivity contribution in [3.63, 3.8) is 0 Å². The lowest BCUT2D eigenvalue weighted by atomic mass is 10.1. The van der Waals surface area contributed by atoms with Crippen LogP contribution in [0.2, 0.25) is 0 Å². The molecular weight excluding hydrogens is 274 g/mol. The third-order valence-electron chi connectivity index (χ3n) is 3.02. The van der Waals surface area contributed by atoms with Crippen LogP contribution in [0.3, 0.4) is 0 Å². The molecule has 2 aromatic carbocycles. The number of benzene rings is 2. The number of para-hydroxylation sites is 1. The third-order valence-corrected chi connectivity index (χ3v) is 3.55. The van der Waals surface area contributed by atoms with Crippen molar-refractivity contribution in [2.45, 2.75) is 6.92 Å². The molecule has 0 unspecified atom stereocenters. The maximum absolute atomic E-state index is 3.48. The summed E-state index contributed by atoms with van der Waals surface area (Å²) in [6.45, 7) is 2.13. The standard InChI is InChI=1S/C15H12BrN/c1-10-3-2-4-12-9-14(17-15(10)12)11-5-7-13(16)8-6-11/h2-9,17H,1H3. The molecule has 0 spiro atoms. The van der Waals surface area contributed by atoms with Gasteiger partial charge < -0.3 is 4.98 Å². The summed E-state index contributed by atoms with van der Waals surface area (Å²) in [5, 5.41) is 1.27. The number of aromatic amines is 1. The van der Waals surface area contributed by atoms with E-state index in [0.717, 1.165) is 4.47 Å². The van der Waals surface area contributed by atoms with Gasteiger partial charge in [-0.05, 0) is 36.2 Å². The van der Waals surface area contributed by atoms with Crippen molar-refractivity contribution >= 4 is 26.8 Å². The van der Waals surface area contributed by atoms with Crippen molar-refractivity contribution in [3.8, 4) is 11.3 Å². The average molecular weight is 286 g/mol. The highest BCUT2D eigenvalue weighted by Gasteiger charge is 2.04. The van der Waals surface area contributed by atoms with Crippen LogP contribution >= 0.6 is 15.9 Å². The van der Waals surface area contributed by atoms with Crippen molar-refractivity contribution in [2.75, 3.05) is 0 Å². The summed E-state index contributed by atoms with van der Waals surface area (Å²) in [6.07, 6.45) is 0. The van der Waals surface area contributed by atoms with Gasteiger partial charge in [0.25, 0.3) is 0 Å². The van der Waals surface area contributed by atoms with E-state index in [1.165, 1.54) is 27.7 Å². The van der Waals surface area contributed by atoms with Gasteiger partial charge in [-0.1, -0.05) is 46.3 Å². The topological polar surface area (TPSA) is 15.8 Å². The van der Waals surface area contributed by atoms with E-state index in [1.54, 1.807) is 0 Å². The predicted molar refractivity (Wildman–Crippen MR) is 76.2 cm³/mol. The highest BCUT2D eigenvalue weighted by atomic mass is 79.9. The Morgan fingerprint density at radius 1 is 1.00 bits per heavy atom. The molecule has 2 heteroatoms. The zero-order chi connectivity index (χ0) is 11.8. The highest BCUT2D eigenvalue weighted by Crippen LogP contribution is 2.26. The second-order valence-corrected chi connectivity index (χ2v) is 5.14. The van der Waals surface area contributed by atoms with E-state index in [4.69, 9.17) is 0 Å². The zero-order valence-electron chi connectivity index (χ0n) is 9.50. The number of aryl methyl sites for hydroxylation is 1. The third kappa shape index (κ3) is 1.89. The first kappa shape index (κ1) is 10.6. The quantitative estimate of drug-likeness (QED) is 0.654. The van der Waals surface area contributed by atoms with Gasteiger partial charge in [0.15, 0.2) is 0 Å². The van der Waals surface area contributed by atoms with Crippen molar-refractivity contribution < 1.29 is 0 Å². The van der Waals surface area contributed by atoms with Gasteiger partial charge in [-0.15, -0.1) is 0 Å². The Hall–Kier alpha value is -1.54. The molecule has 0 amide bonds. The van der Waals surface area contributed by atoms with Crippen LogP contribution in [0.25, 0.3) is 22.2 Å². The number of rotatable bonds is 1. The van der Waals surface area contributed by atoms with Crippen molar-refractivity contribution in [3.05, 3.63) is 58.6 Å². The van der Waals surface area contributed by atoms with E-state index in [-0.39, 0.29) is 0 Å². The van der Waals surface area contributed by atoms with E-state index in [2.05, 4.69) is 76.4 Å². The fraction of sp³-hybridized carbons (Fsp3) is 0.0667. The molecule has 0 saturated carbocycles. The lowest BCUT2D eigenvalue weighted by Gasteiger charge is -1.97. The van der Waals surface area contributed by atoms with E-state index in [1.807, 2.05) is 0 Å². The molecular formula is C15H12BrN. The van der Waals surface area contributed by atoms with Crippen LogP contribution in [0.1, 0.15) is 5.56 Å². The number of hydrogen-bond donors (Lipinski definition) is 1. The van der Waals surface area contributed by atoms with E-state index < -0.39 is 0 Å². The van der Waals surface area contributed by atoms with Gasteiger partial charge in [-0.3, -0.25) is 0 Å². The summed E-state index contributed by atoms with van der Waals surface area (Å²) in [5.41, 5.74) is 4.89. The van der Waals surface area contributed by atoms with Gasteiger partial charge in [0, 0.05) is 21.1 Å². The smallest absolute Gasteiger partial charge is 0.0488 e. The highest BCUT2D eigenvalue weighted by molar-refractivity contribution is 9.10. The summed E-state index contributed by atoms with van der Waals surface area (Å²) >= 11 is 3.45. The molecule has 1 nitrogen and oxygen atoms in total. The van der Waals surface area contributed by atoms with Crippen LogP contribution in [-0.4, -0.2) is 4.98 Å². The summed E-state index contributed by atoms with van der Waals surface area (Å²) in [6, 6.07) is 16.9. The van der Waals surface area contributed by atoms with E-state index in [9.17, 15) is 0 Å². The first-order chi connectivity index (χ1) is 8.24. The van der Waals surface area contributed by atoms with Crippen LogP contribution in [0, 0.1) is 6.92 Å². The lowest BCUT2D eigenvalue weighted by molar-refractivity contribution is 1.41. The van der Waals surface area contributed by atoms with Crippen molar-refractivity contribution in [2.24, 2.45) is 0 Å². The number of nitrogens with one attached hydrogen (secondary N) is 1. The SMILES string of the molecule is Cc1cccc2cc(-c3ccc(Br)cc3)[nH]c12. The minimum absolute atomic E-state index is 1.11. The van der Waals surface area contributed by atoms with Crippen LogP contribution in [0.15, 0.2) is 53.0 Å². The fourth-order valence-corrected chi connectivity index (χ4v) is 2.36. The molecule has 1 N–H and O–H groups in total. The number of halogens is 1. The number of fused-ring (bicyclic) bond motifs is 1. The molecule has 0 bridgehead atoms. The molecule has 0 atom stereocenters. The van der Waals surface area contributed by atoms with Crippen LogP contribution < -0.4 is 0 Å². The molecule has 3 rings (SSSR count). The second kappa shape index (κ2) is 4.04. The van der Waals surface area contributed by atoms with Crippen molar-refractivity contribution in [1.29, 1.82) is 0 Å². The monoisotopic (exact) mass is 285 g/mol. The van der Waals surface area contributed by atoms with Crippen LogP contribution in [-0.2, 0) is 0 Å². The molecule has 1 aromatic heterocycles. The molecule has 0 radical (unpaired) electrons. The Balaban J connectivity index is 2.18. The Morgan fingerprint density at radius 2 is 1.76 bits per heavy atom. The maximum atomic E-state index is 3.48. The molecule has 3 aromatic rings. The Morgan fingerprint density at radius 3 is 2.47 bits per heavy atom. The number of aromatic nitrogens is 1. The van der Waals surface area contributed by atoms with Crippen LogP contribution in [0.5, 0.6) is 0 Å². The fourth-order valence-electron chi connectivity index (χ4n) is 2.09. The summed E-state index contributed by atoms with van der Waals surface area (Å²) in [5.74, 6) is 0. The molecule has 17 heavy (non-hydrogen) atoms. The van der Waals surface area contributed by atoms with Gasteiger partial charge in [-0.2, -0.15) is 0 Å². The average Bonchev–Trinajstić information content (AvgIpc) is 2.75. The molecule has 0 aliphatic rings. The van der Waals surface area contributed by atoms with Crippen molar-refractivity contribution in [1.82, 2.24) is 4.98 Å². The van der Waals surface area contributed by atoms with Gasteiger partial charge in [-0.25, -0.2) is 0 Å². The van der Waals surface area contributed by atoms with Gasteiger partial charge in [0.05, 0.1) is 0 Å². The Labute approximate surface area is 109 Å². The lowest BCUT2D eigenvalue weighted by Crippen LogP contribution is -1.77. The molecule has 84 valence electrons. The molecule has 1 heterocycles. The minimum Gasteiger partial charge on any atom is -0.354 e. The summed E-state index contributed by atoms with van der Waals surface area (Å²) < 4.78 is 1.11. The van der Waals surface area contributed by atoms with Gasteiger partial charge in [0.2, 0.25) is 0 Å². The molecule has 0 saturated heterocycles. The Kier molecular flexibility index (Phi) is 2.52. The van der Waals surface area contributed by atoms with E-state index in [0.29, 0.717) is 0 Å². The van der Waals surface area contributed by atoms with Gasteiger partial charge in [0.1, 0.15) is 0 Å². The zero-order valence-corrected chi connectivity index (χ0v) is 11.1. The maximum Gasteiger partial charge on any atom is 0.0488 e. The number of hydrogen-bond acceptors (Lipinski definition) is 0. The predicted octanol–water partition coefficient (Wildman–Crippen LogP) is 4.91. The normalized spacial score (nSPS) is 10.9. The molecule has 0 fully saturated rings. The Bertz CT molecular complexity index is 665. The van der Waals surface area contributed by atoms with Gasteiger partial charge >= 0.3 is 0 Å². The number of H-pyrrole nitrogens is 1. The second-order valence-electron chi connectivity index (χ2n) is 4.23. The summed E-state index contributed by atoms with van der Waals surface area (Å²) in [7, 11) is 0. The van der Waals surface area contributed by atoms with Crippen LogP contribution in [0.4, 0.5) is 0 Å². The largest absolute Gasteiger partial charge is 0.354 e. The molecule has 0 aliphatic heterocycles. The molecule has 0 aliphatic carbocycles. The minimum atomic E-state index is 1.11. The van der Waals surface area contributed by atoms with E-state index >= 15 is 0 Å². The summed E-state index contributed by atoms with van der Waals surface area (Å²) in [4.78, 5) is 3.48.